The molecule has 0 saturated carbocycles. The molecule has 0 unspecified atom stereocenters. The molecule has 0 bridgehead atoms. The summed E-state index contributed by atoms with van der Waals surface area (Å²) < 4.78 is 20.8. The van der Waals surface area contributed by atoms with Crippen molar-refractivity contribution in [2.24, 2.45) is 11.8 Å². The Balaban J connectivity index is 1.32. The summed E-state index contributed by atoms with van der Waals surface area (Å²) in [5.41, 5.74) is 3.55. The average molecular weight is 377 g/mol. The SMILES string of the molecule is COc1ccc(-c2cnc3n2C[C@H]2CN(Cc4ccc(F)cc4)C[C@@H]2C3)cc1. The van der Waals surface area contributed by atoms with Gasteiger partial charge in [-0.1, -0.05) is 12.1 Å². The highest BCUT2D eigenvalue weighted by Gasteiger charge is 2.37. The van der Waals surface area contributed by atoms with Gasteiger partial charge in [-0.3, -0.25) is 4.90 Å². The Morgan fingerprint density at radius 2 is 1.75 bits per heavy atom. The van der Waals surface area contributed by atoms with E-state index in [4.69, 9.17) is 9.72 Å². The highest BCUT2D eigenvalue weighted by Crippen LogP contribution is 2.36. The number of fused-ring (bicyclic) bond motifs is 2. The minimum Gasteiger partial charge on any atom is -0.497 e. The predicted molar refractivity (Wildman–Crippen MR) is 107 cm³/mol. The van der Waals surface area contributed by atoms with Gasteiger partial charge in [0.15, 0.2) is 0 Å². The minimum atomic E-state index is -0.171. The van der Waals surface area contributed by atoms with Crippen LogP contribution in [0, 0.1) is 17.7 Å². The van der Waals surface area contributed by atoms with Crippen LogP contribution < -0.4 is 4.74 Å². The second kappa shape index (κ2) is 7.06. The monoisotopic (exact) mass is 377 g/mol. The Labute approximate surface area is 164 Å². The van der Waals surface area contributed by atoms with Crippen LogP contribution in [0.5, 0.6) is 5.75 Å². The van der Waals surface area contributed by atoms with Crippen LogP contribution in [0.15, 0.2) is 54.7 Å². The summed E-state index contributed by atoms with van der Waals surface area (Å²) in [4.78, 5) is 7.23. The molecule has 5 heteroatoms. The molecule has 0 aliphatic carbocycles. The van der Waals surface area contributed by atoms with Crippen LogP contribution in [0.2, 0.25) is 0 Å². The molecule has 0 N–H and O–H groups in total. The Hall–Kier alpha value is -2.66. The van der Waals surface area contributed by atoms with Crippen molar-refractivity contribution < 1.29 is 9.13 Å². The third kappa shape index (κ3) is 3.20. The molecular formula is C23H24FN3O. The number of aromatic nitrogens is 2. The van der Waals surface area contributed by atoms with Crippen LogP contribution >= 0.6 is 0 Å². The number of benzene rings is 2. The fourth-order valence-electron chi connectivity index (χ4n) is 4.69. The van der Waals surface area contributed by atoms with Crippen molar-refractivity contribution in [3.05, 3.63) is 71.9 Å². The smallest absolute Gasteiger partial charge is 0.123 e. The molecule has 28 heavy (non-hydrogen) atoms. The molecule has 2 aliphatic heterocycles. The number of nitrogens with zero attached hydrogens (tertiary/aromatic N) is 3. The van der Waals surface area contributed by atoms with Crippen molar-refractivity contribution in [2.75, 3.05) is 20.2 Å². The van der Waals surface area contributed by atoms with E-state index in [0.717, 1.165) is 38.3 Å². The zero-order valence-electron chi connectivity index (χ0n) is 16.0. The number of hydrogen-bond donors (Lipinski definition) is 0. The van der Waals surface area contributed by atoms with E-state index in [2.05, 4.69) is 21.6 Å². The molecule has 0 amide bonds. The maximum atomic E-state index is 13.1. The Bertz CT molecular complexity index is 965. The molecule has 0 radical (unpaired) electrons. The second-order valence-electron chi connectivity index (χ2n) is 7.94. The van der Waals surface area contributed by atoms with Gasteiger partial charge in [0.2, 0.25) is 0 Å². The maximum absolute atomic E-state index is 13.1. The van der Waals surface area contributed by atoms with E-state index in [1.54, 1.807) is 19.2 Å². The predicted octanol–water partition coefficient (Wildman–Crippen LogP) is 4.00. The number of ether oxygens (including phenoxy) is 1. The molecule has 2 atom stereocenters. The summed E-state index contributed by atoms with van der Waals surface area (Å²) in [7, 11) is 1.69. The summed E-state index contributed by atoms with van der Waals surface area (Å²) in [6, 6.07) is 15.1. The molecule has 2 aliphatic rings. The normalized spacial score (nSPS) is 21.4. The van der Waals surface area contributed by atoms with Crippen molar-refractivity contribution in [3.8, 4) is 17.0 Å². The van der Waals surface area contributed by atoms with Gasteiger partial charge in [0.05, 0.1) is 19.0 Å². The Morgan fingerprint density at radius 1 is 1.00 bits per heavy atom. The van der Waals surface area contributed by atoms with E-state index >= 15 is 0 Å². The molecule has 4 nitrogen and oxygen atoms in total. The highest BCUT2D eigenvalue weighted by molar-refractivity contribution is 5.60. The number of imidazole rings is 1. The first kappa shape index (κ1) is 17.4. The maximum Gasteiger partial charge on any atom is 0.123 e. The van der Waals surface area contributed by atoms with Gasteiger partial charge in [0.1, 0.15) is 17.4 Å². The highest BCUT2D eigenvalue weighted by atomic mass is 19.1. The lowest BCUT2D eigenvalue weighted by Crippen LogP contribution is -2.28. The molecule has 144 valence electrons. The van der Waals surface area contributed by atoms with Crippen molar-refractivity contribution in [3.63, 3.8) is 0 Å². The molecule has 1 saturated heterocycles. The lowest BCUT2D eigenvalue weighted by Gasteiger charge is -2.27. The quantitative estimate of drug-likeness (QED) is 0.688. The van der Waals surface area contributed by atoms with Gasteiger partial charge in [-0.15, -0.1) is 0 Å². The Morgan fingerprint density at radius 3 is 2.50 bits per heavy atom. The minimum absolute atomic E-state index is 0.171. The van der Waals surface area contributed by atoms with Crippen molar-refractivity contribution >= 4 is 0 Å². The van der Waals surface area contributed by atoms with Crippen LogP contribution in [-0.4, -0.2) is 34.7 Å². The van der Waals surface area contributed by atoms with Gasteiger partial charge >= 0.3 is 0 Å². The lowest BCUT2D eigenvalue weighted by molar-refractivity contribution is 0.307. The number of likely N-dealkylation sites (tertiary alicyclic amines) is 1. The fourth-order valence-corrected chi connectivity index (χ4v) is 4.69. The van der Waals surface area contributed by atoms with E-state index < -0.39 is 0 Å². The molecule has 5 rings (SSSR count). The van der Waals surface area contributed by atoms with Crippen LogP contribution in [-0.2, 0) is 19.5 Å². The summed E-state index contributed by atoms with van der Waals surface area (Å²) >= 11 is 0. The van der Waals surface area contributed by atoms with Crippen molar-refractivity contribution in [2.45, 2.75) is 19.5 Å². The fraction of sp³-hybridized carbons (Fsp3) is 0.348. The number of rotatable bonds is 4. The van der Waals surface area contributed by atoms with Gasteiger partial charge in [0, 0.05) is 38.2 Å². The van der Waals surface area contributed by atoms with Crippen LogP contribution in [0.25, 0.3) is 11.3 Å². The lowest BCUT2D eigenvalue weighted by atomic mass is 9.89. The molecule has 1 aromatic heterocycles. The van der Waals surface area contributed by atoms with Crippen LogP contribution in [0.4, 0.5) is 4.39 Å². The molecule has 3 aromatic rings. The van der Waals surface area contributed by atoms with E-state index in [1.165, 1.54) is 22.6 Å². The molecule has 0 spiro atoms. The number of hydrogen-bond acceptors (Lipinski definition) is 3. The van der Waals surface area contributed by atoms with Crippen molar-refractivity contribution in [1.29, 1.82) is 0 Å². The number of methoxy groups -OCH3 is 1. The van der Waals surface area contributed by atoms with Gasteiger partial charge in [-0.05, 0) is 53.8 Å². The first-order valence-electron chi connectivity index (χ1n) is 9.85. The second-order valence-corrected chi connectivity index (χ2v) is 7.94. The standard InChI is InChI=1S/C23H24FN3O/c1-28-21-8-4-17(5-9-21)22-11-25-23-10-18-13-26(14-19(18)15-27(22)23)12-16-2-6-20(24)7-3-16/h2-9,11,18-19H,10,12-15H2,1H3/t18-,19+/m0/s1. The number of halogens is 1. The van der Waals surface area contributed by atoms with E-state index in [1.807, 2.05) is 30.5 Å². The van der Waals surface area contributed by atoms with Gasteiger partial charge in [0.25, 0.3) is 0 Å². The molecule has 1 fully saturated rings. The van der Waals surface area contributed by atoms with E-state index in [9.17, 15) is 4.39 Å². The average Bonchev–Trinajstić information content (AvgIpc) is 3.30. The summed E-state index contributed by atoms with van der Waals surface area (Å²) in [6.07, 6.45) is 3.04. The van der Waals surface area contributed by atoms with Crippen LogP contribution in [0.3, 0.4) is 0 Å². The van der Waals surface area contributed by atoms with Crippen molar-refractivity contribution in [1.82, 2.24) is 14.5 Å². The van der Waals surface area contributed by atoms with Crippen LogP contribution in [0.1, 0.15) is 11.4 Å². The first-order chi connectivity index (χ1) is 13.7. The van der Waals surface area contributed by atoms with E-state index in [0.29, 0.717) is 11.8 Å². The first-order valence-corrected chi connectivity index (χ1v) is 9.85. The molecular weight excluding hydrogens is 353 g/mol. The third-order valence-electron chi connectivity index (χ3n) is 6.16. The third-order valence-corrected chi connectivity index (χ3v) is 6.16. The molecule has 3 heterocycles. The van der Waals surface area contributed by atoms with Gasteiger partial charge in [-0.2, -0.15) is 0 Å². The van der Waals surface area contributed by atoms with Gasteiger partial charge < -0.3 is 9.30 Å². The summed E-state index contributed by atoms with van der Waals surface area (Å²) in [6.45, 7) is 4.08. The molecule has 2 aromatic carbocycles. The summed E-state index contributed by atoms with van der Waals surface area (Å²) in [5.74, 6) is 3.18. The topological polar surface area (TPSA) is 30.3 Å². The largest absolute Gasteiger partial charge is 0.497 e. The zero-order valence-corrected chi connectivity index (χ0v) is 16.0. The Kier molecular flexibility index (Phi) is 4.40. The van der Waals surface area contributed by atoms with E-state index in [-0.39, 0.29) is 5.82 Å². The summed E-state index contributed by atoms with van der Waals surface area (Å²) in [5, 5.41) is 0. The van der Waals surface area contributed by atoms with Gasteiger partial charge in [-0.25, -0.2) is 9.37 Å². The zero-order chi connectivity index (χ0) is 19.1.